The molecule has 0 bridgehead atoms. The molecule has 0 amide bonds. The molecule has 0 spiro atoms. The summed E-state index contributed by atoms with van der Waals surface area (Å²) in [6.45, 7) is 5.65. The number of benzene rings is 1. The lowest BCUT2D eigenvalue weighted by molar-refractivity contribution is 0.373. The summed E-state index contributed by atoms with van der Waals surface area (Å²) in [5.41, 5.74) is 2.02. The Balaban J connectivity index is 2.95. The van der Waals surface area contributed by atoms with Gasteiger partial charge in [-0.1, -0.05) is 49.1 Å². The highest BCUT2D eigenvalue weighted by atomic mass is 16.5. The van der Waals surface area contributed by atoms with E-state index in [1.165, 1.54) is 7.11 Å². The van der Waals surface area contributed by atoms with Crippen LogP contribution in [0.5, 0.6) is 11.5 Å². The molecule has 0 aliphatic heterocycles. The molecule has 0 aliphatic carbocycles. The van der Waals surface area contributed by atoms with Gasteiger partial charge in [-0.25, -0.2) is 0 Å². The van der Waals surface area contributed by atoms with Gasteiger partial charge in [-0.05, 0) is 30.2 Å². The minimum atomic E-state index is 0.143. The van der Waals surface area contributed by atoms with Crippen molar-refractivity contribution >= 4 is 6.08 Å². The molecule has 94 valence electrons. The van der Waals surface area contributed by atoms with Crippen molar-refractivity contribution in [3.8, 4) is 11.5 Å². The Kier molecular flexibility index (Phi) is 5.52. The topological polar surface area (TPSA) is 29.5 Å². The molecule has 2 heteroatoms. The standard InChI is InChI=1S/C16H18O2/c1-4-6-13(7-5-2)8-9-14-10-11-15(17)16(12-14)18-3/h4-12,17H,1H2,2-3H3/b7-5-,9-8+,13-6+. The lowest BCUT2D eigenvalue weighted by atomic mass is 10.1. The first kappa shape index (κ1) is 13.8. The van der Waals surface area contributed by atoms with Crippen molar-refractivity contribution in [1.82, 2.24) is 0 Å². The second-order valence-corrected chi connectivity index (χ2v) is 3.67. The Labute approximate surface area is 108 Å². The number of hydrogen-bond acceptors (Lipinski definition) is 2. The van der Waals surface area contributed by atoms with Gasteiger partial charge in [-0.15, -0.1) is 0 Å². The van der Waals surface area contributed by atoms with E-state index in [1.54, 1.807) is 18.2 Å². The van der Waals surface area contributed by atoms with Gasteiger partial charge in [-0.3, -0.25) is 0 Å². The van der Waals surface area contributed by atoms with Crippen LogP contribution < -0.4 is 4.74 Å². The molecule has 0 saturated carbocycles. The van der Waals surface area contributed by atoms with Gasteiger partial charge in [0.1, 0.15) is 0 Å². The number of ether oxygens (including phenoxy) is 1. The molecule has 0 radical (unpaired) electrons. The number of phenolic OH excluding ortho intramolecular Hbond substituents is 1. The zero-order valence-corrected chi connectivity index (χ0v) is 10.8. The Hall–Kier alpha value is -2.22. The predicted octanol–water partition coefficient (Wildman–Crippen LogP) is 4.10. The van der Waals surface area contributed by atoms with Crippen LogP contribution in [0, 0.1) is 0 Å². The van der Waals surface area contributed by atoms with Gasteiger partial charge in [-0.2, -0.15) is 0 Å². The van der Waals surface area contributed by atoms with Crippen molar-refractivity contribution in [2.24, 2.45) is 0 Å². The minimum absolute atomic E-state index is 0.143. The van der Waals surface area contributed by atoms with Crippen LogP contribution >= 0.6 is 0 Å². The fourth-order valence-electron chi connectivity index (χ4n) is 1.49. The van der Waals surface area contributed by atoms with Crippen LogP contribution in [0.2, 0.25) is 0 Å². The Bertz CT molecular complexity index is 494. The van der Waals surface area contributed by atoms with E-state index in [4.69, 9.17) is 4.74 Å². The predicted molar refractivity (Wildman–Crippen MR) is 76.8 cm³/mol. The maximum absolute atomic E-state index is 9.50. The molecule has 0 fully saturated rings. The molecule has 18 heavy (non-hydrogen) atoms. The van der Waals surface area contributed by atoms with Crippen LogP contribution in [0.25, 0.3) is 6.08 Å². The van der Waals surface area contributed by atoms with Crippen molar-refractivity contribution in [2.45, 2.75) is 6.92 Å². The minimum Gasteiger partial charge on any atom is -0.504 e. The summed E-state index contributed by atoms with van der Waals surface area (Å²) < 4.78 is 5.06. The van der Waals surface area contributed by atoms with E-state index >= 15 is 0 Å². The molecule has 0 heterocycles. The van der Waals surface area contributed by atoms with Crippen molar-refractivity contribution in [1.29, 1.82) is 0 Å². The third kappa shape index (κ3) is 3.98. The Morgan fingerprint density at radius 2 is 2.11 bits per heavy atom. The second kappa shape index (κ2) is 7.17. The van der Waals surface area contributed by atoms with E-state index in [1.807, 2.05) is 43.4 Å². The normalized spacial score (nSPS) is 12.2. The largest absolute Gasteiger partial charge is 0.504 e. The number of hydrogen-bond donors (Lipinski definition) is 1. The summed E-state index contributed by atoms with van der Waals surface area (Å²) in [6.07, 6.45) is 11.6. The molecule has 0 saturated heterocycles. The van der Waals surface area contributed by atoms with Gasteiger partial charge < -0.3 is 9.84 Å². The van der Waals surface area contributed by atoms with Gasteiger partial charge in [0.15, 0.2) is 11.5 Å². The summed E-state index contributed by atoms with van der Waals surface area (Å²) in [7, 11) is 1.53. The van der Waals surface area contributed by atoms with E-state index in [2.05, 4.69) is 6.58 Å². The van der Waals surface area contributed by atoms with Crippen LogP contribution in [0.4, 0.5) is 0 Å². The quantitative estimate of drug-likeness (QED) is 0.787. The molecule has 0 unspecified atom stereocenters. The van der Waals surface area contributed by atoms with Gasteiger partial charge in [0.25, 0.3) is 0 Å². The van der Waals surface area contributed by atoms with Crippen LogP contribution in [0.15, 0.2) is 60.7 Å². The lowest BCUT2D eigenvalue weighted by Gasteiger charge is -2.03. The van der Waals surface area contributed by atoms with E-state index in [-0.39, 0.29) is 5.75 Å². The highest BCUT2D eigenvalue weighted by Gasteiger charge is 2.00. The Morgan fingerprint density at radius 1 is 1.33 bits per heavy atom. The molecule has 1 aromatic carbocycles. The molecule has 2 nitrogen and oxygen atoms in total. The smallest absolute Gasteiger partial charge is 0.161 e. The van der Waals surface area contributed by atoms with Gasteiger partial charge in [0.2, 0.25) is 0 Å². The molecule has 1 aromatic rings. The first-order valence-corrected chi connectivity index (χ1v) is 5.71. The summed E-state index contributed by atoms with van der Waals surface area (Å²) in [5.74, 6) is 0.613. The molecule has 0 aliphatic rings. The number of allylic oxidation sites excluding steroid dienone is 6. The van der Waals surface area contributed by atoms with E-state index in [9.17, 15) is 5.11 Å². The average Bonchev–Trinajstić information content (AvgIpc) is 2.38. The van der Waals surface area contributed by atoms with E-state index < -0.39 is 0 Å². The number of rotatable bonds is 5. The fourth-order valence-corrected chi connectivity index (χ4v) is 1.49. The third-order valence-corrected chi connectivity index (χ3v) is 2.34. The van der Waals surface area contributed by atoms with Crippen molar-refractivity contribution in [2.75, 3.05) is 7.11 Å². The van der Waals surface area contributed by atoms with Crippen LogP contribution in [-0.4, -0.2) is 12.2 Å². The zero-order valence-electron chi connectivity index (χ0n) is 10.8. The zero-order chi connectivity index (χ0) is 13.4. The molecular formula is C16H18O2. The van der Waals surface area contributed by atoms with Crippen molar-refractivity contribution in [3.63, 3.8) is 0 Å². The summed E-state index contributed by atoms with van der Waals surface area (Å²) >= 11 is 0. The number of aromatic hydroxyl groups is 1. The van der Waals surface area contributed by atoms with Crippen molar-refractivity contribution in [3.05, 3.63) is 66.3 Å². The highest BCUT2D eigenvalue weighted by molar-refractivity contribution is 5.59. The Morgan fingerprint density at radius 3 is 2.72 bits per heavy atom. The van der Waals surface area contributed by atoms with Crippen LogP contribution in [0.1, 0.15) is 12.5 Å². The van der Waals surface area contributed by atoms with Crippen LogP contribution in [0.3, 0.4) is 0 Å². The van der Waals surface area contributed by atoms with E-state index in [0.29, 0.717) is 5.75 Å². The monoisotopic (exact) mass is 242 g/mol. The molecule has 0 atom stereocenters. The average molecular weight is 242 g/mol. The van der Waals surface area contributed by atoms with Gasteiger partial charge in [0, 0.05) is 0 Å². The maximum Gasteiger partial charge on any atom is 0.161 e. The van der Waals surface area contributed by atoms with Gasteiger partial charge in [0.05, 0.1) is 7.11 Å². The van der Waals surface area contributed by atoms with Crippen LogP contribution in [-0.2, 0) is 0 Å². The first-order valence-electron chi connectivity index (χ1n) is 5.71. The number of methoxy groups -OCH3 is 1. The summed E-state index contributed by atoms with van der Waals surface area (Å²) in [6, 6.07) is 5.23. The molecular weight excluding hydrogens is 224 g/mol. The summed E-state index contributed by atoms with van der Waals surface area (Å²) in [5, 5.41) is 9.50. The number of phenols is 1. The van der Waals surface area contributed by atoms with Gasteiger partial charge >= 0.3 is 0 Å². The molecule has 0 aromatic heterocycles. The lowest BCUT2D eigenvalue weighted by Crippen LogP contribution is -1.84. The third-order valence-electron chi connectivity index (χ3n) is 2.34. The molecule has 1 N–H and O–H groups in total. The fraction of sp³-hybridized carbons (Fsp3) is 0.125. The second-order valence-electron chi connectivity index (χ2n) is 3.67. The van der Waals surface area contributed by atoms with Crippen molar-refractivity contribution < 1.29 is 9.84 Å². The maximum atomic E-state index is 9.50. The summed E-state index contributed by atoms with van der Waals surface area (Å²) in [4.78, 5) is 0. The van der Waals surface area contributed by atoms with E-state index in [0.717, 1.165) is 11.1 Å². The SMILES string of the molecule is C=C/C=C(\C=C/C)/C=C/c1ccc(O)c(OC)c1. The first-order chi connectivity index (χ1) is 8.71. The highest BCUT2D eigenvalue weighted by Crippen LogP contribution is 2.26. The molecule has 1 rings (SSSR count).